The largest absolute Gasteiger partial charge is 0.478 e. The maximum Gasteiger partial charge on any atom is 0.337 e. The summed E-state index contributed by atoms with van der Waals surface area (Å²) in [6, 6.07) is 5.29. The van der Waals surface area contributed by atoms with Gasteiger partial charge in [-0.05, 0) is 36.8 Å². The number of aromatic nitrogens is 2. The van der Waals surface area contributed by atoms with Gasteiger partial charge in [-0.3, -0.25) is 0 Å². The molecule has 0 amide bonds. The molecule has 4 nitrogen and oxygen atoms in total. The van der Waals surface area contributed by atoms with Crippen molar-refractivity contribution in [2.45, 2.75) is 39.2 Å². The number of aromatic carboxylic acids is 1. The lowest BCUT2D eigenvalue weighted by molar-refractivity contribution is 0.0698. The van der Waals surface area contributed by atoms with Gasteiger partial charge in [0.1, 0.15) is 0 Å². The molecule has 1 aliphatic carbocycles. The van der Waals surface area contributed by atoms with Crippen molar-refractivity contribution < 1.29 is 9.90 Å². The van der Waals surface area contributed by atoms with Crippen molar-refractivity contribution >= 4 is 17.0 Å². The minimum absolute atomic E-state index is 0.351. The van der Waals surface area contributed by atoms with Crippen LogP contribution in [0.3, 0.4) is 0 Å². The van der Waals surface area contributed by atoms with Crippen molar-refractivity contribution in [1.82, 2.24) is 9.55 Å². The highest BCUT2D eigenvalue weighted by atomic mass is 16.4. The molecule has 2 aromatic rings. The molecule has 3 rings (SSSR count). The van der Waals surface area contributed by atoms with Gasteiger partial charge < -0.3 is 9.67 Å². The van der Waals surface area contributed by atoms with Gasteiger partial charge in [-0.15, -0.1) is 0 Å². The SMILES string of the molecule is CC1CCCC(Cn2cnc3cccc(C(=O)O)c32)C1. The van der Waals surface area contributed by atoms with Crippen LogP contribution in [-0.2, 0) is 6.54 Å². The third-order valence-electron chi connectivity index (χ3n) is 4.37. The van der Waals surface area contributed by atoms with E-state index in [0.717, 1.165) is 23.5 Å². The molecule has 0 bridgehead atoms. The molecule has 2 unspecified atom stereocenters. The van der Waals surface area contributed by atoms with E-state index in [1.54, 1.807) is 18.5 Å². The van der Waals surface area contributed by atoms with E-state index in [2.05, 4.69) is 11.9 Å². The second kappa shape index (κ2) is 5.27. The number of para-hydroxylation sites is 1. The van der Waals surface area contributed by atoms with Gasteiger partial charge in [0.2, 0.25) is 0 Å². The molecule has 4 heteroatoms. The van der Waals surface area contributed by atoms with Crippen LogP contribution in [0.15, 0.2) is 24.5 Å². The van der Waals surface area contributed by atoms with Gasteiger partial charge in [-0.25, -0.2) is 9.78 Å². The molecule has 1 N–H and O–H groups in total. The number of carboxylic acids is 1. The molecule has 1 aromatic heterocycles. The van der Waals surface area contributed by atoms with Crippen LogP contribution in [0.4, 0.5) is 0 Å². The maximum atomic E-state index is 11.4. The predicted molar refractivity (Wildman–Crippen MR) is 77.8 cm³/mol. The number of imidazole rings is 1. The minimum atomic E-state index is -0.880. The van der Waals surface area contributed by atoms with E-state index in [9.17, 15) is 9.90 Å². The Labute approximate surface area is 118 Å². The predicted octanol–water partition coefficient (Wildman–Crippen LogP) is 3.56. The molecule has 1 aliphatic rings. The minimum Gasteiger partial charge on any atom is -0.478 e. The van der Waals surface area contributed by atoms with Crippen molar-refractivity contribution in [3.05, 3.63) is 30.1 Å². The third-order valence-corrected chi connectivity index (χ3v) is 4.37. The van der Waals surface area contributed by atoms with E-state index < -0.39 is 5.97 Å². The molecule has 0 spiro atoms. The lowest BCUT2D eigenvalue weighted by atomic mass is 9.82. The fraction of sp³-hybridized carbons (Fsp3) is 0.500. The fourth-order valence-electron chi connectivity index (χ4n) is 3.44. The van der Waals surface area contributed by atoms with Crippen LogP contribution < -0.4 is 0 Å². The Balaban J connectivity index is 1.93. The topological polar surface area (TPSA) is 55.1 Å². The van der Waals surface area contributed by atoms with Gasteiger partial charge in [0.15, 0.2) is 0 Å². The number of nitrogens with zero attached hydrogens (tertiary/aromatic N) is 2. The number of fused-ring (bicyclic) bond motifs is 1. The number of carbonyl (C=O) groups is 1. The van der Waals surface area contributed by atoms with Crippen LogP contribution in [0, 0.1) is 11.8 Å². The summed E-state index contributed by atoms with van der Waals surface area (Å²) in [6.07, 6.45) is 6.86. The molecule has 0 aliphatic heterocycles. The number of hydrogen-bond acceptors (Lipinski definition) is 2. The smallest absolute Gasteiger partial charge is 0.337 e. The van der Waals surface area contributed by atoms with E-state index >= 15 is 0 Å². The summed E-state index contributed by atoms with van der Waals surface area (Å²) >= 11 is 0. The van der Waals surface area contributed by atoms with Crippen LogP contribution in [0.1, 0.15) is 43.0 Å². The zero-order valence-corrected chi connectivity index (χ0v) is 11.7. The van der Waals surface area contributed by atoms with Gasteiger partial charge in [0, 0.05) is 6.54 Å². The average Bonchev–Trinajstić information content (AvgIpc) is 2.82. The highest BCUT2D eigenvalue weighted by Crippen LogP contribution is 2.30. The quantitative estimate of drug-likeness (QED) is 0.929. The van der Waals surface area contributed by atoms with Crippen molar-refractivity contribution in [2.75, 3.05) is 0 Å². The number of carboxylic acid groups (broad SMARTS) is 1. The van der Waals surface area contributed by atoms with Crippen LogP contribution in [0.2, 0.25) is 0 Å². The van der Waals surface area contributed by atoms with E-state index in [1.807, 2.05) is 10.6 Å². The van der Waals surface area contributed by atoms with Crippen molar-refractivity contribution in [2.24, 2.45) is 11.8 Å². The highest BCUT2D eigenvalue weighted by Gasteiger charge is 2.21. The Morgan fingerprint density at radius 1 is 1.45 bits per heavy atom. The van der Waals surface area contributed by atoms with Crippen molar-refractivity contribution in [1.29, 1.82) is 0 Å². The Morgan fingerprint density at radius 2 is 2.30 bits per heavy atom. The molecule has 1 heterocycles. The molecular weight excluding hydrogens is 252 g/mol. The normalized spacial score (nSPS) is 23.1. The molecule has 1 saturated carbocycles. The lowest BCUT2D eigenvalue weighted by Crippen LogP contribution is -2.18. The highest BCUT2D eigenvalue weighted by molar-refractivity contribution is 6.01. The van der Waals surface area contributed by atoms with Crippen LogP contribution in [0.25, 0.3) is 11.0 Å². The third kappa shape index (κ3) is 2.42. The molecule has 0 radical (unpaired) electrons. The summed E-state index contributed by atoms with van der Waals surface area (Å²) in [5.74, 6) is 0.537. The first-order valence-electron chi connectivity index (χ1n) is 7.32. The second-order valence-electron chi connectivity index (χ2n) is 6.01. The summed E-state index contributed by atoms with van der Waals surface area (Å²) in [4.78, 5) is 15.7. The lowest BCUT2D eigenvalue weighted by Gasteiger charge is -2.27. The van der Waals surface area contributed by atoms with Gasteiger partial charge in [0.25, 0.3) is 0 Å². The Morgan fingerprint density at radius 3 is 3.05 bits per heavy atom. The summed E-state index contributed by atoms with van der Waals surface area (Å²) in [6.45, 7) is 3.19. The molecule has 1 fully saturated rings. The molecule has 2 atom stereocenters. The second-order valence-corrected chi connectivity index (χ2v) is 6.01. The van der Waals surface area contributed by atoms with Crippen LogP contribution in [0.5, 0.6) is 0 Å². The molecular formula is C16H20N2O2. The van der Waals surface area contributed by atoms with Crippen LogP contribution >= 0.6 is 0 Å². The van der Waals surface area contributed by atoms with E-state index in [1.165, 1.54) is 25.7 Å². The molecule has 106 valence electrons. The Kier molecular flexibility index (Phi) is 3.47. The summed E-state index contributed by atoms with van der Waals surface area (Å²) in [7, 11) is 0. The van der Waals surface area contributed by atoms with Gasteiger partial charge >= 0.3 is 5.97 Å². The van der Waals surface area contributed by atoms with Crippen molar-refractivity contribution in [3.63, 3.8) is 0 Å². The Hall–Kier alpha value is -1.84. The summed E-state index contributed by atoms with van der Waals surface area (Å²) < 4.78 is 2.03. The first-order chi connectivity index (χ1) is 9.65. The fourth-order valence-corrected chi connectivity index (χ4v) is 3.44. The van der Waals surface area contributed by atoms with E-state index in [-0.39, 0.29) is 0 Å². The average molecular weight is 272 g/mol. The van der Waals surface area contributed by atoms with Crippen LogP contribution in [-0.4, -0.2) is 20.6 Å². The van der Waals surface area contributed by atoms with E-state index in [4.69, 9.17) is 0 Å². The van der Waals surface area contributed by atoms with Crippen molar-refractivity contribution in [3.8, 4) is 0 Å². The zero-order valence-electron chi connectivity index (χ0n) is 11.7. The zero-order chi connectivity index (χ0) is 14.1. The first kappa shape index (κ1) is 13.2. The molecule has 1 aromatic carbocycles. The number of benzene rings is 1. The summed E-state index contributed by atoms with van der Waals surface area (Å²) in [5, 5.41) is 9.33. The monoisotopic (exact) mass is 272 g/mol. The van der Waals surface area contributed by atoms with Gasteiger partial charge in [-0.2, -0.15) is 0 Å². The maximum absolute atomic E-state index is 11.4. The van der Waals surface area contributed by atoms with Gasteiger partial charge in [-0.1, -0.05) is 25.8 Å². The summed E-state index contributed by atoms with van der Waals surface area (Å²) in [5.41, 5.74) is 1.89. The molecule has 0 saturated heterocycles. The number of rotatable bonds is 3. The standard InChI is InChI=1S/C16H20N2O2/c1-11-4-2-5-12(8-11)9-18-10-17-14-7-3-6-13(15(14)18)16(19)20/h3,6-7,10-12H,2,4-5,8-9H2,1H3,(H,19,20). The Bertz CT molecular complexity index is 632. The van der Waals surface area contributed by atoms with E-state index in [0.29, 0.717) is 11.5 Å². The van der Waals surface area contributed by atoms with Gasteiger partial charge in [0.05, 0.1) is 22.9 Å². The first-order valence-corrected chi connectivity index (χ1v) is 7.32. The number of hydrogen-bond donors (Lipinski definition) is 1. The molecule has 20 heavy (non-hydrogen) atoms.